The zero-order valence-electron chi connectivity index (χ0n) is 14.1. The number of anilines is 1. The summed E-state index contributed by atoms with van der Waals surface area (Å²) >= 11 is 3.30. The zero-order valence-corrected chi connectivity index (χ0v) is 15.7. The number of hydrogen-bond acceptors (Lipinski definition) is 4. The van der Waals surface area contributed by atoms with Crippen molar-refractivity contribution in [2.24, 2.45) is 0 Å². The molecule has 0 spiro atoms. The summed E-state index contributed by atoms with van der Waals surface area (Å²) in [7, 11) is 2.01. The molecule has 0 saturated carbocycles. The average Bonchev–Trinajstić information content (AvgIpc) is 2.64. The lowest BCUT2D eigenvalue weighted by atomic mass is 10.2. The number of nitrogens with zero attached hydrogens (tertiary/aromatic N) is 1. The molecule has 0 aliphatic carbocycles. The van der Waals surface area contributed by atoms with Crippen LogP contribution in [0.4, 0.5) is 5.69 Å². The van der Waals surface area contributed by atoms with E-state index in [2.05, 4.69) is 26.1 Å². The fourth-order valence-electron chi connectivity index (χ4n) is 2.21. The van der Waals surface area contributed by atoms with E-state index in [9.17, 15) is 9.59 Å². The van der Waals surface area contributed by atoms with Gasteiger partial charge >= 0.3 is 5.97 Å². The molecule has 2 aromatic carbocycles. The number of ether oxygens (including phenoxy) is 1. The molecule has 0 saturated heterocycles. The summed E-state index contributed by atoms with van der Waals surface area (Å²) in [6.07, 6.45) is 0.803. The molecule has 0 fully saturated rings. The van der Waals surface area contributed by atoms with Gasteiger partial charge in [-0.2, -0.15) is 0 Å². The van der Waals surface area contributed by atoms with Gasteiger partial charge < -0.3 is 15.0 Å². The predicted molar refractivity (Wildman–Crippen MR) is 102 cm³/mol. The van der Waals surface area contributed by atoms with Crippen LogP contribution in [0.5, 0.6) is 0 Å². The molecule has 1 amide bonds. The van der Waals surface area contributed by atoms with Crippen molar-refractivity contribution in [3.8, 4) is 0 Å². The fraction of sp³-hybridized carbons (Fsp3) is 0.263. The number of rotatable bonds is 8. The van der Waals surface area contributed by atoms with Crippen molar-refractivity contribution in [1.29, 1.82) is 0 Å². The van der Waals surface area contributed by atoms with E-state index in [1.807, 2.05) is 37.4 Å². The van der Waals surface area contributed by atoms with Crippen molar-refractivity contribution in [2.45, 2.75) is 6.42 Å². The Morgan fingerprint density at radius 1 is 1.08 bits per heavy atom. The maximum atomic E-state index is 11.8. The number of nitrogens with one attached hydrogen (secondary N) is 1. The van der Waals surface area contributed by atoms with Crippen molar-refractivity contribution in [2.75, 3.05) is 31.6 Å². The smallest absolute Gasteiger partial charge is 0.338 e. The summed E-state index contributed by atoms with van der Waals surface area (Å²) in [5, 5.41) is 2.76. The Morgan fingerprint density at radius 3 is 2.44 bits per heavy atom. The van der Waals surface area contributed by atoms with Crippen LogP contribution >= 0.6 is 15.9 Å². The third-order valence-electron chi connectivity index (χ3n) is 3.60. The Bertz CT molecular complexity index is 690. The Labute approximate surface area is 156 Å². The molecule has 0 aliphatic rings. The highest BCUT2D eigenvalue weighted by Crippen LogP contribution is 2.11. The van der Waals surface area contributed by atoms with Gasteiger partial charge in [-0.1, -0.05) is 34.1 Å². The van der Waals surface area contributed by atoms with Crippen LogP contribution in [-0.2, 0) is 9.53 Å². The monoisotopic (exact) mass is 404 g/mol. The van der Waals surface area contributed by atoms with Gasteiger partial charge in [0.05, 0.1) is 5.56 Å². The minimum atomic E-state index is -0.508. The second kappa shape index (κ2) is 9.84. The van der Waals surface area contributed by atoms with Gasteiger partial charge in [-0.05, 0) is 42.8 Å². The van der Waals surface area contributed by atoms with E-state index < -0.39 is 5.97 Å². The van der Waals surface area contributed by atoms with Gasteiger partial charge in [-0.15, -0.1) is 0 Å². The normalized spacial score (nSPS) is 10.2. The van der Waals surface area contributed by atoms with Gasteiger partial charge in [0.25, 0.3) is 5.91 Å². The Balaban J connectivity index is 1.62. The van der Waals surface area contributed by atoms with Crippen LogP contribution in [-0.4, -0.2) is 38.6 Å². The van der Waals surface area contributed by atoms with Crippen LogP contribution in [0.1, 0.15) is 16.8 Å². The number of amides is 1. The van der Waals surface area contributed by atoms with Crippen LogP contribution in [0.25, 0.3) is 0 Å². The maximum Gasteiger partial charge on any atom is 0.338 e. The van der Waals surface area contributed by atoms with Crippen molar-refractivity contribution in [3.05, 3.63) is 64.6 Å². The van der Waals surface area contributed by atoms with Gasteiger partial charge in [-0.25, -0.2) is 4.79 Å². The molecule has 0 atom stereocenters. The van der Waals surface area contributed by atoms with Gasteiger partial charge in [0, 0.05) is 30.3 Å². The maximum absolute atomic E-state index is 11.8. The number of hydrogen-bond donors (Lipinski definition) is 1. The first-order chi connectivity index (χ1) is 12.1. The molecule has 0 heterocycles. The highest BCUT2D eigenvalue weighted by atomic mass is 79.9. The van der Waals surface area contributed by atoms with Crippen LogP contribution in [0, 0.1) is 0 Å². The molecule has 2 aromatic rings. The van der Waals surface area contributed by atoms with E-state index in [0.717, 1.165) is 23.1 Å². The van der Waals surface area contributed by atoms with E-state index in [-0.39, 0.29) is 12.5 Å². The lowest BCUT2D eigenvalue weighted by molar-refractivity contribution is -0.124. The molecular weight excluding hydrogens is 384 g/mol. The van der Waals surface area contributed by atoms with E-state index in [4.69, 9.17) is 4.74 Å². The molecule has 0 bridgehead atoms. The Kier molecular flexibility index (Phi) is 7.47. The van der Waals surface area contributed by atoms with Crippen LogP contribution in [0.3, 0.4) is 0 Å². The summed E-state index contributed by atoms with van der Waals surface area (Å²) < 4.78 is 5.88. The largest absolute Gasteiger partial charge is 0.452 e. The van der Waals surface area contributed by atoms with Crippen molar-refractivity contribution in [3.63, 3.8) is 0 Å². The summed E-state index contributed by atoms with van der Waals surface area (Å²) in [6.45, 7) is 1.08. The third-order valence-corrected chi connectivity index (χ3v) is 4.13. The minimum absolute atomic E-state index is 0.274. The van der Waals surface area contributed by atoms with Crippen LogP contribution in [0.2, 0.25) is 0 Å². The minimum Gasteiger partial charge on any atom is -0.452 e. The average molecular weight is 405 g/mol. The number of carbonyl (C=O) groups is 2. The molecular formula is C19H21BrN2O3. The van der Waals surface area contributed by atoms with Crippen LogP contribution < -0.4 is 10.2 Å². The quantitative estimate of drug-likeness (QED) is 0.541. The molecule has 132 valence electrons. The highest BCUT2D eigenvalue weighted by Gasteiger charge is 2.09. The number of halogens is 1. The molecule has 0 aromatic heterocycles. The topological polar surface area (TPSA) is 58.6 Å². The van der Waals surface area contributed by atoms with Gasteiger partial charge in [-0.3, -0.25) is 4.79 Å². The van der Waals surface area contributed by atoms with Crippen molar-refractivity contribution in [1.82, 2.24) is 5.32 Å². The van der Waals surface area contributed by atoms with Gasteiger partial charge in [0.15, 0.2) is 6.61 Å². The Hall–Kier alpha value is -2.34. The second-order valence-corrected chi connectivity index (χ2v) is 6.46. The molecule has 2 rings (SSSR count). The summed E-state index contributed by atoms with van der Waals surface area (Å²) in [5.74, 6) is -0.806. The number of para-hydroxylation sites is 1. The second-order valence-electron chi connectivity index (χ2n) is 5.54. The molecule has 0 aliphatic heterocycles. The first-order valence-corrected chi connectivity index (χ1v) is 8.81. The Morgan fingerprint density at radius 2 is 1.76 bits per heavy atom. The van der Waals surface area contributed by atoms with Crippen molar-refractivity contribution >= 4 is 33.5 Å². The lowest BCUT2D eigenvalue weighted by Crippen LogP contribution is -2.31. The fourth-order valence-corrected chi connectivity index (χ4v) is 2.47. The number of benzene rings is 2. The molecule has 6 heteroatoms. The highest BCUT2D eigenvalue weighted by molar-refractivity contribution is 9.10. The summed E-state index contributed by atoms with van der Waals surface area (Å²) in [4.78, 5) is 25.7. The first-order valence-electron chi connectivity index (χ1n) is 8.02. The molecule has 5 nitrogen and oxygen atoms in total. The predicted octanol–water partition coefficient (Wildman–Crippen LogP) is 3.25. The molecule has 0 unspecified atom stereocenters. The van der Waals surface area contributed by atoms with Crippen molar-refractivity contribution < 1.29 is 14.3 Å². The van der Waals surface area contributed by atoms with Gasteiger partial charge in [0.2, 0.25) is 0 Å². The van der Waals surface area contributed by atoms with Crippen LogP contribution in [0.15, 0.2) is 59.1 Å². The lowest BCUT2D eigenvalue weighted by Gasteiger charge is -2.19. The van der Waals surface area contributed by atoms with E-state index in [1.165, 1.54) is 0 Å². The van der Waals surface area contributed by atoms with E-state index >= 15 is 0 Å². The van der Waals surface area contributed by atoms with E-state index in [1.54, 1.807) is 24.3 Å². The molecule has 1 N–H and O–H groups in total. The third kappa shape index (κ3) is 6.58. The standard InChI is InChI=1S/C19H21BrN2O3/c1-22(17-6-3-2-4-7-17)13-5-12-21-18(23)14-25-19(24)15-8-10-16(20)11-9-15/h2-4,6-11H,5,12-14H2,1H3,(H,21,23). The number of esters is 1. The first kappa shape index (κ1) is 19.0. The van der Waals surface area contributed by atoms with E-state index in [0.29, 0.717) is 12.1 Å². The summed E-state index contributed by atoms with van der Waals surface area (Å²) in [6, 6.07) is 16.8. The summed E-state index contributed by atoms with van der Waals surface area (Å²) in [5.41, 5.74) is 1.55. The van der Waals surface area contributed by atoms with Gasteiger partial charge in [0.1, 0.15) is 0 Å². The SMILES string of the molecule is CN(CCCNC(=O)COC(=O)c1ccc(Br)cc1)c1ccccc1. The molecule has 25 heavy (non-hydrogen) atoms. The number of carbonyl (C=O) groups excluding carboxylic acids is 2. The zero-order chi connectivity index (χ0) is 18.1. The molecule has 0 radical (unpaired) electrons.